The van der Waals surface area contributed by atoms with Crippen molar-refractivity contribution in [1.29, 1.82) is 0 Å². The van der Waals surface area contributed by atoms with Gasteiger partial charge in [0.25, 0.3) is 11.8 Å². The Morgan fingerprint density at radius 2 is 1.91 bits per heavy atom. The van der Waals surface area contributed by atoms with E-state index in [1.54, 1.807) is 4.90 Å². The monoisotopic (exact) mass is 318 g/mol. The number of carbonyl (C=O) groups excluding carboxylic acids is 2. The van der Waals surface area contributed by atoms with Crippen molar-refractivity contribution in [2.24, 2.45) is 0 Å². The molecule has 7 nitrogen and oxygen atoms in total. The van der Waals surface area contributed by atoms with Crippen LogP contribution in [0.15, 0.2) is 0 Å². The third-order valence-electron chi connectivity index (χ3n) is 4.73. The van der Waals surface area contributed by atoms with E-state index in [4.69, 9.17) is 4.74 Å². The summed E-state index contributed by atoms with van der Waals surface area (Å²) in [5, 5.41) is 2.98. The normalized spacial score (nSPS) is 21.0. The van der Waals surface area contributed by atoms with Gasteiger partial charge in [0.2, 0.25) is 0 Å². The molecule has 1 aromatic rings. The summed E-state index contributed by atoms with van der Waals surface area (Å²) in [5.41, 5.74) is 1.39. The fourth-order valence-corrected chi connectivity index (χ4v) is 3.28. The van der Waals surface area contributed by atoms with E-state index >= 15 is 0 Å². The van der Waals surface area contributed by atoms with Crippen LogP contribution in [0.25, 0.3) is 0 Å². The number of carbonyl (C=O) groups is 2. The molecule has 1 saturated carbocycles. The SMILES string of the molecule is O=C(NC1CC1)c1nc(C(=O)N2CCOCC2)c2n1CCCC2. The van der Waals surface area contributed by atoms with Crippen LogP contribution in [0, 0.1) is 0 Å². The summed E-state index contributed by atoms with van der Waals surface area (Å²) in [6.45, 7) is 3.09. The lowest BCUT2D eigenvalue weighted by Crippen LogP contribution is -2.41. The Balaban J connectivity index is 1.64. The van der Waals surface area contributed by atoms with Crippen LogP contribution >= 0.6 is 0 Å². The van der Waals surface area contributed by atoms with Crippen LogP contribution in [-0.4, -0.2) is 58.6 Å². The summed E-state index contributed by atoms with van der Waals surface area (Å²) in [6, 6.07) is 0.289. The topological polar surface area (TPSA) is 76.5 Å². The van der Waals surface area contributed by atoms with Gasteiger partial charge in [-0.3, -0.25) is 9.59 Å². The van der Waals surface area contributed by atoms with Crippen molar-refractivity contribution in [3.8, 4) is 0 Å². The number of nitrogens with zero attached hydrogens (tertiary/aromatic N) is 3. The van der Waals surface area contributed by atoms with Gasteiger partial charge < -0.3 is 19.5 Å². The molecule has 2 aliphatic heterocycles. The van der Waals surface area contributed by atoms with Crippen molar-refractivity contribution in [3.05, 3.63) is 17.2 Å². The molecule has 0 radical (unpaired) electrons. The smallest absolute Gasteiger partial charge is 0.287 e. The van der Waals surface area contributed by atoms with Crippen LogP contribution < -0.4 is 5.32 Å². The molecule has 0 bridgehead atoms. The summed E-state index contributed by atoms with van der Waals surface area (Å²) in [4.78, 5) is 31.5. The van der Waals surface area contributed by atoms with Gasteiger partial charge in [0.15, 0.2) is 5.82 Å². The number of hydrogen-bond acceptors (Lipinski definition) is 4. The summed E-state index contributed by atoms with van der Waals surface area (Å²) >= 11 is 0. The lowest BCUT2D eigenvalue weighted by atomic mass is 10.1. The van der Waals surface area contributed by atoms with E-state index in [0.717, 1.165) is 44.3 Å². The average Bonchev–Trinajstić information content (AvgIpc) is 3.32. The van der Waals surface area contributed by atoms with Gasteiger partial charge in [-0.25, -0.2) is 4.98 Å². The van der Waals surface area contributed by atoms with Crippen molar-refractivity contribution in [2.45, 2.75) is 44.7 Å². The average molecular weight is 318 g/mol. The molecular formula is C16H22N4O3. The van der Waals surface area contributed by atoms with Gasteiger partial charge in [0, 0.05) is 25.7 Å². The zero-order chi connectivity index (χ0) is 15.8. The molecular weight excluding hydrogens is 296 g/mol. The maximum atomic E-state index is 12.8. The fourth-order valence-electron chi connectivity index (χ4n) is 3.28. The number of imidazole rings is 1. The lowest BCUT2D eigenvalue weighted by molar-refractivity contribution is 0.0298. The first kappa shape index (κ1) is 14.7. The maximum Gasteiger partial charge on any atom is 0.287 e. The molecule has 1 N–H and O–H groups in total. The highest BCUT2D eigenvalue weighted by molar-refractivity contribution is 5.97. The highest BCUT2D eigenvalue weighted by Crippen LogP contribution is 2.24. The highest BCUT2D eigenvalue weighted by atomic mass is 16.5. The second kappa shape index (κ2) is 5.96. The number of fused-ring (bicyclic) bond motifs is 1. The second-order valence-corrected chi connectivity index (χ2v) is 6.49. The molecule has 3 heterocycles. The first-order valence-corrected chi connectivity index (χ1v) is 8.51. The summed E-state index contributed by atoms with van der Waals surface area (Å²) in [5.74, 6) is 0.198. The van der Waals surface area contributed by atoms with Crippen molar-refractivity contribution in [1.82, 2.24) is 19.8 Å². The van der Waals surface area contributed by atoms with E-state index in [0.29, 0.717) is 37.8 Å². The second-order valence-electron chi connectivity index (χ2n) is 6.49. The number of hydrogen-bond donors (Lipinski definition) is 1. The Bertz CT molecular complexity index is 630. The largest absolute Gasteiger partial charge is 0.378 e. The van der Waals surface area contributed by atoms with Crippen molar-refractivity contribution >= 4 is 11.8 Å². The molecule has 124 valence electrons. The van der Waals surface area contributed by atoms with Crippen molar-refractivity contribution in [2.75, 3.05) is 26.3 Å². The van der Waals surface area contributed by atoms with E-state index in [1.165, 1.54) is 0 Å². The van der Waals surface area contributed by atoms with E-state index in [-0.39, 0.29) is 17.9 Å². The highest BCUT2D eigenvalue weighted by Gasteiger charge is 2.32. The molecule has 1 aromatic heterocycles. The van der Waals surface area contributed by atoms with E-state index in [1.807, 2.05) is 4.57 Å². The molecule has 4 rings (SSSR count). The molecule has 0 atom stereocenters. The van der Waals surface area contributed by atoms with Crippen LogP contribution in [0.4, 0.5) is 0 Å². The molecule has 23 heavy (non-hydrogen) atoms. The maximum absolute atomic E-state index is 12.8. The van der Waals surface area contributed by atoms with Gasteiger partial charge in [0.05, 0.1) is 18.9 Å². The number of rotatable bonds is 3. The van der Waals surface area contributed by atoms with Gasteiger partial charge in [-0.2, -0.15) is 0 Å². The summed E-state index contributed by atoms with van der Waals surface area (Å²) in [7, 11) is 0. The Hall–Kier alpha value is -1.89. The van der Waals surface area contributed by atoms with Crippen molar-refractivity contribution in [3.63, 3.8) is 0 Å². The van der Waals surface area contributed by atoms with Gasteiger partial charge in [0.1, 0.15) is 5.69 Å². The van der Waals surface area contributed by atoms with E-state index in [9.17, 15) is 9.59 Å². The van der Waals surface area contributed by atoms with Gasteiger partial charge in [-0.15, -0.1) is 0 Å². The first-order valence-electron chi connectivity index (χ1n) is 8.51. The van der Waals surface area contributed by atoms with Gasteiger partial charge >= 0.3 is 0 Å². The molecule has 1 saturated heterocycles. The Morgan fingerprint density at radius 3 is 2.65 bits per heavy atom. The van der Waals surface area contributed by atoms with Gasteiger partial charge in [-0.05, 0) is 32.1 Å². The molecule has 0 aromatic carbocycles. The Labute approximate surface area is 135 Å². The number of aromatic nitrogens is 2. The van der Waals surface area contributed by atoms with Crippen LogP contribution in [0.2, 0.25) is 0 Å². The molecule has 0 spiro atoms. The molecule has 2 amide bonds. The Morgan fingerprint density at radius 1 is 1.13 bits per heavy atom. The zero-order valence-corrected chi connectivity index (χ0v) is 13.2. The van der Waals surface area contributed by atoms with Gasteiger partial charge in [-0.1, -0.05) is 0 Å². The molecule has 7 heteroatoms. The van der Waals surface area contributed by atoms with Crippen LogP contribution in [0.1, 0.15) is 52.5 Å². The van der Waals surface area contributed by atoms with Crippen molar-refractivity contribution < 1.29 is 14.3 Å². The molecule has 0 unspecified atom stereocenters. The minimum absolute atomic E-state index is 0.0654. The number of nitrogens with one attached hydrogen (secondary N) is 1. The molecule has 2 fully saturated rings. The Kier molecular flexibility index (Phi) is 3.80. The fraction of sp³-hybridized carbons (Fsp3) is 0.688. The van der Waals surface area contributed by atoms with E-state index < -0.39 is 0 Å². The quantitative estimate of drug-likeness (QED) is 0.885. The minimum atomic E-state index is -0.142. The lowest BCUT2D eigenvalue weighted by Gasteiger charge is -2.26. The van der Waals surface area contributed by atoms with Crippen LogP contribution in [-0.2, 0) is 17.7 Å². The minimum Gasteiger partial charge on any atom is -0.378 e. The number of amides is 2. The first-order chi connectivity index (χ1) is 11.2. The third-order valence-corrected chi connectivity index (χ3v) is 4.73. The summed E-state index contributed by atoms with van der Waals surface area (Å²) in [6.07, 6.45) is 4.96. The molecule has 1 aliphatic carbocycles. The predicted octanol–water partition coefficient (Wildman–Crippen LogP) is 0.584. The van der Waals surface area contributed by atoms with Crippen LogP contribution in [0.3, 0.4) is 0 Å². The predicted molar refractivity (Wildman–Crippen MR) is 82.4 cm³/mol. The number of morpholine rings is 1. The van der Waals surface area contributed by atoms with E-state index in [2.05, 4.69) is 10.3 Å². The molecule has 3 aliphatic rings. The zero-order valence-electron chi connectivity index (χ0n) is 13.2. The standard InChI is InChI=1S/C16H22N4O3/c21-15(17-11-4-5-11)14-18-13(12-3-1-2-6-20(12)14)16(22)19-7-9-23-10-8-19/h11H,1-10H2,(H,17,21). The number of ether oxygens (including phenoxy) is 1. The third kappa shape index (κ3) is 2.85. The summed E-state index contributed by atoms with van der Waals surface area (Å²) < 4.78 is 7.26. The van der Waals surface area contributed by atoms with Crippen LogP contribution in [0.5, 0.6) is 0 Å².